The van der Waals surface area contributed by atoms with Crippen molar-refractivity contribution in [2.45, 2.75) is 19.8 Å². The third-order valence-electron chi connectivity index (χ3n) is 6.45. The van der Waals surface area contributed by atoms with Crippen molar-refractivity contribution in [2.24, 2.45) is 5.92 Å². The van der Waals surface area contributed by atoms with Crippen LogP contribution in [0.25, 0.3) is 6.08 Å². The van der Waals surface area contributed by atoms with Gasteiger partial charge in [-0.3, -0.25) is 4.79 Å². The van der Waals surface area contributed by atoms with Crippen LogP contribution in [0.15, 0.2) is 30.2 Å². The van der Waals surface area contributed by atoms with Crippen LogP contribution in [0.1, 0.15) is 25.3 Å². The lowest BCUT2D eigenvalue weighted by atomic mass is 10.0. The predicted molar refractivity (Wildman–Crippen MR) is 146 cm³/mol. The van der Waals surface area contributed by atoms with E-state index in [9.17, 15) is 4.79 Å². The number of likely N-dealkylation sites (N-methyl/N-ethyl adjacent to an activating group) is 2. The number of halogens is 1. The van der Waals surface area contributed by atoms with Crippen molar-refractivity contribution in [3.63, 3.8) is 0 Å². The molecule has 0 bridgehead atoms. The molecule has 10 heteroatoms. The number of ether oxygens (including phenoxy) is 1. The van der Waals surface area contributed by atoms with Gasteiger partial charge < -0.3 is 30.1 Å². The van der Waals surface area contributed by atoms with E-state index in [1.807, 2.05) is 12.1 Å². The van der Waals surface area contributed by atoms with E-state index in [-0.39, 0.29) is 12.5 Å². The molecular weight excluding hydrogens is 478 g/mol. The number of nitrogens with one attached hydrogen (secondary N) is 2. The van der Waals surface area contributed by atoms with E-state index in [4.69, 9.17) is 21.3 Å². The van der Waals surface area contributed by atoms with E-state index in [2.05, 4.69) is 63.5 Å². The molecule has 2 N–H and O–H groups in total. The number of anilines is 4. The molecule has 194 valence electrons. The highest BCUT2D eigenvalue weighted by Gasteiger charge is 2.22. The van der Waals surface area contributed by atoms with Gasteiger partial charge in [0.25, 0.3) is 5.91 Å². The summed E-state index contributed by atoms with van der Waals surface area (Å²) >= 11 is 6.47. The molecule has 2 aliphatic rings. The number of aromatic nitrogens is 2. The first kappa shape index (κ1) is 26.0. The second-order valence-electron chi connectivity index (χ2n) is 9.76. The van der Waals surface area contributed by atoms with Gasteiger partial charge in [0, 0.05) is 50.2 Å². The quantitative estimate of drug-likeness (QED) is 0.526. The lowest BCUT2D eigenvalue weighted by molar-refractivity contribution is -0.123. The first-order valence-corrected chi connectivity index (χ1v) is 12.8. The number of carbonyl (C=O) groups excluding carboxylic acids is 1. The Bertz CT molecular complexity index is 1110. The molecule has 0 radical (unpaired) electrons. The maximum atomic E-state index is 11.7. The fraction of sp³-hybridized carbons (Fsp3) is 0.500. The molecule has 4 rings (SSSR count). The first-order chi connectivity index (χ1) is 17.3. The van der Waals surface area contributed by atoms with Gasteiger partial charge in [-0.05, 0) is 57.1 Å². The Hall–Kier alpha value is -3.04. The summed E-state index contributed by atoms with van der Waals surface area (Å²) in [5, 5.41) is 6.45. The van der Waals surface area contributed by atoms with E-state index in [0.29, 0.717) is 29.3 Å². The van der Waals surface area contributed by atoms with Crippen molar-refractivity contribution in [2.75, 3.05) is 75.6 Å². The molecule has 0 spiro atoms. The predicted octanol–water partition coefficient (Wildman–Crippen LogP) is 3.60. The Kier molecular flexibility index (Phi) is 8.53. The summed E-state index contributed by atoms with van der Waals surface area (Å²) in [5.41, 5.74) is 2.99. The average molecular weight is 514 g/mol. The maximum absolute atomic E-state index is 11.7. The molecular formula is C26H36ClN7O2. The van der Waals surface area contributed by atoms with Crippen LogP contribution in [-0.2, 0) is 9.53 Å². The van der Waals surface area contributed by atoms with Crippen LogP contribution in [0.2, 0.25) is 5.02 Å². The summed E-state index contributed by atoms with van der Waals surface area (Å²) in [5.74, 6) is 2.50. The molecule has 0 aliphatic carbocycles. The van der Waals surface area contributed by atoms with Crippen LogP contribution in [0, 0.1) is 5.92 Å². The van der Waals surface area contributed by atoms with Gasteiger partial charge in [-0.1, -0.05) is 18.5 Å². The number of hydrogen-bond acceptors (Lipinski definition) is 8. The number of rotatable bonds is 9. The van der Waals surface area contributed by atoms with Crippen LogP contribution >= 0.6 is 11.6 Å². The summed E-state index contributed by atoms with van der Waals surface area (Å²) in [6.45, 7) is 6.50. The van der Waals surface area contributed by atoms with Gasteiger partial charge in [-0.25, -0.2) is 4.98 Å². The fourth-order valence-electron chi connectivity index (χ4n) is 4.47. The molecule has 1 aromatic carbocycles. The highest BCUT2D eigenvalue weighted by molar-refractivity contribution is 6.32. The number of nitrogens with zero attached hydrogens (tertiary/aromatic N) is 5. The van der Waals surface area contributed by atoms with E-state index < -0.39 is 0 Å². The summed E-state index contributed by atoms with van der Waals surface area (Å²) in [7, 11) is 5.72. The van der Waals surface area contributed by atoms with Gasteiger partial charge in [0.05, 0.1) is 12.7 Å². The molecule has 36 heavy (non-hydrogen) atoms. The highest BCUT2D eigenvalue weighted by Crippen LogP contribution is 2.33. The van der Waals surface area contributed by atoms with Crippen molar-refractivity contribution >= 4 is 46.7 Å². The Morgan fingerprint density at radius 1 is 1.33 bits per heavy atom. The van der Waals surface area contributed by atoms with Crippen molar-refractivity contribution in [3.05, 3.63) is 40.7 Å². The third kappa shape index (κ3) is 6.59. The summed E-state index contributed by atoms with van der Waals surface area (Å²) in [6.07, 6.45) is 6.04. The Labute approximate surface area is 218 Å². The Balaban J connectivity index is 1.57. The third-order valence-corrected chi connectivity index (χ3v) is 6.73. The van der Waals surface area contributed by atoms with Crippen molar-refractivity contribution in [1.82, 2.24) is 20.2 Å². The van der Waals surface area contributed by atoms with E-state index in [1.54, 1.807) is 13.2 Å². The summed E-state index contributed by atoms with van der Waals surface area (Å²) < 4.78 is 5.82. The average Bonchev–Trinajstić information content (AvgIpc) is 2.86. The number of hydrogen-bond donors (Lipinski definition) is 2. The second-order valence-corrected chi connectivity index (χ2v) is 10.2. The number of benzene rings is 1. The Morgan fingerprint density at radius 2 is 2.17 bits per heavy atom. The molecule has 2 aromatic rings. The van der Waals surface area contributed by atoms with Gasteiger partial charge in [-0.15, -0.1) is 0 Å². The van der Waals surface area contributed by atoms with Crippen LogP contribution in [-0.4, -0.2) is 81.2 Å². The number of amides is 1. The zero-order chi connectivity index (χ0) is 25.7. The lowest BCUT2D eigenvalue weighted by Gasteiger charge is -2.32. The smallest absolute Gasteiger partial charge is 0.257 e. The molecule has 1 atom stereocenters. The highest BCUT2D eigenvalue weighted by atomic mass is 35.5. The zero-order valence-electron chi connectivity index (χ0n) is 21.6. The molecule has 0 saturated carbocycles. The normalized spacial score (nSPS) is 17.5. The van der Waals surface area contributed by atoms with Crippen molar-refractivity contribution in [3.8, 4) is 0 Å². The maximum Gasteiger partial charge on any atom is 0.257 e. The second kappa shape index (κ2) is 11.8. The van der Waals surface area contributed by atoms with Gasteiger partial charge in [0.2, 0.25) is 5.95 Å². The fourth-order valence-corrected chi connectivity index (χ4v) is 4.61. The molecule has 1 unspecified atom stereocenters. The number of piperidine rings is 1. The van der Waals surface area contributed by atoms with Crippen LogP contribution in [0.4, 0.5) is 23.1 Å². The van der Waals surface area contributed by atoms with Crippen LogP contribution in [0.5, 0.6) is 0 Å². The lowest BCUT2D eigenvalue weighted by Crippen LogP contribution is -2.36. The number of carbonyl (C=O) groups is 1. The van der Waals surface area contributed by atoms with E-state index >= 15 is 0 Å². The molecule has 1 fully saturated rings. The van der Waals surface area contributed by atoms with Gasteiger partial charge in [-0.2, -0.15) is 4.98 Å². The largest absolute Gasteiger partial charge is 0.486 e. The first-order valence-electron chi connectivity index (χ1n) is 12.4. The Morgan fingerprint density at radius 3 is 2.92 bits per heavy atom. The minimum atomic E-state index is -0.158. The molecule has 9 nitrogen and oxygen atoms in total. The molecule has 2 aliphatic heterocycles. The van der Waals surface area contributed by atoms with E-state index in [1.165, 1.54) is 6.42 Å². The minimum Gasteiger partial charge on any atom is -0.486 e. The summed E-state index contributed by atoms with van der Waals surface area (Å²) in [4.78, 5) is 27.6. The van der Waals surface area contributed by atoms with Crippen molar-refractivity contribution < 1.29 is 9.53 Å². The SMILES string of the molecule is CNC(=O)COC1=Cc2cc(Nc3nc(N4CCCC(C)C4)ncc3Cl)ccc2N(CCN(C)C)C1. The minimum absolute atomic E-state index is 0.00837. The van der Waals surface area contributed by atoms with Gasteiger partial charge in [0.1, 0.15) is 10.8 Å². The molecule has 1 saturated heterocycles. The van der Waals surface area contributed by atoms with E-state index in [0.717, 1.165) is 55.3 Å². The van der Waals surface area contributed by atoms with Crippen LogP contribution < -0.4 is 20.4 Å². The van der Waals surface area contributed by atoms with Crippen LogP contribution in [0.3, 0.4) is 0 Å². The molecule has 3 heterocycles. The molecule has 1 aromatic heterocycles. The molecule has 1 amide bonds. The standard InChI is InChI=1S/C26H36ClN7O2/c1-18-6-5-9-34(15-18)26-29-14-22(27)25(31-26)30-20-7-8-23-19(12-20)13-21(36-17-24(35)28-2)16-33(23)11-10-32(3)4/h7-8,12-14,18H,5-6,9-11,15-17H2,1-4H3,(H,28,35)(H,29,30,31). The van der Waals surface area contributed by atoms with Crippen molar-refractivity contribution in [1.29, 1.82) is 0 Å². The summed E-state index contributed by atoms with van der Waals surface area (Å²) in [6, 6.07) is 6.19. The van der Waals surface area contributed by atoms with Gasteiger partial charge >= 0.3 is 0 Å². The van der Waals surface area contributed by atoms with Gasteiger partial charge in [0.15, 0.2) is 12.4 Å². The zero-order valence-corrected chi connectivity index (χ0v) is 22.3. The number of fused-ring (bicyclic) bond motifs is 1. The topological polar surface area (TPSA) is 85.9 Å². The monoisotopic (exact) mass is 513 g/mol.